The Morgan fingerprint density at radius 1 is 1.00 bits per heavy atom. The summed E-state index contributed by atoms with van der Waals surface area (Å²) in [5.74, 6) is -0.910. The predicted molar refractivity (Wildman–Crippen MR) is 99.2 cm³/mol. The highest BCUT2D eigenvalue weighted by Gasteiger charge is 2.15. The monoisotopic (exact) mass is 334 g/mol. The number of nitrogens with two attached hydrogens (primary N) is 2. The average molecular weight is 334 g/mol. The zero-order chi connectivity index (χ0) is 18.1. The van der Waals surface area contributed by atoms with Crippen molar-refractivity contribution in [3.63, 3.8) is 0 Å². The molecule has 0 aliphatic heterocycles. The lowest BCUT2D eigenvalue weighted by molar-refractivity contribution is 0.100. The molecule has 1 heterocycles. The number of carbonyl (C=O) groups excluding carboxylic acids is 1. The summed E-state index contributed by atoms with van der Waals surface area (Å²) < 4.78 is 1.46. The van der Waals surface area contributed by atoms with Crippen LogP contribution in [0.25, 0.3) is 16.5 Å². The van der Waals surface area contributed by atoms with Crippen molar-refractivity contribution in [1.29, 1.82) is 0 Å². The molecule has 2 aromatic carbocycles. The highest BCUT2D eigenvalue weighted by Crippen LogP contribution is 2.20. The summed E-state index contributed by atoms with van der Waals surface area (Å²) in [4.78, 5) is 29.0. The van der Waals surface area contributed by atoms with Gasteiger partial charge in [-0.15, -0.1) is 0 Å². The molecule has 0 bridgehead atoms. The molecule has 1 aromatic heterocycles. The molecule has 0 atom stereocenters. The summed E-state index contributed by atoms with van der Waals surface area (Å²) in [5, 5.41) is 0.946. The molecule has 6 nitrogen and oxygen atoms in total. The van der Waals surface area contributed by atoms with E-state index < -0.39 is 5.91 Å². The Bertz CT molecular complexity index is 1060. The van der Waals surface area contributed by atoms with Crippen LogP contribution < -0.4 is 17.0 Å². The number of hydrogen-bond acceptors (Lipinski definition) is 2. The van der Waals surface area contributed by atoms with Gasteiger partial charge in [0, 0.05) is 22.7 Å². The molecule has 0 saturated carbocycles. The second-order valence-electron chi connectivity index (χ2n) is 5.95. The minimum atomic E-state index is -0.589. The van der Waals surface area contributed by atoms with Crippen molar-refractivity contribution in [3.8, 4) is 5.69 Å². The number of amides is 1. The Labute approximate surface area is 144 Å². The van der Waals surface area contributed by atoms with Crippen LogP contribution in [0.15, 0.2) is 58.4 Å². The summed E-state index contributed by atoms with van der Waals surface area (Å²) in [7, 11) is 0. The quantitative estimate of drug-likeness (QED) is 0.552. The zero-order valence-corrected chi connectivity index (χ0v) is 14.0. The van der Waals surface area contributed by atoms with Crippen molar-refractivity contribution >= 4 is 22.6 Å². The van der Waals surface area contributed by atoms with E-state index in [-0.39, 0.29) is 17.1 Å². The van der Waals surface area contributed by atoms with Gasteiger partial charge < -0.3 is 11.5 Å². The molecule has 6 heteroatoms. The van der Waals surface area contributed by atoms with Crippen molar-refractivity contribution in [2.24, 2.45) is 16.5 Å². The van der Waals surface area contributed by atoms with Crippen LogP contribution in [0, 0.1) is 13.8 Å². The van der Waals surface area contributed by atoms with Gasteiger partial charge in [0.1, 0.15) is 0 Å². The van der Waals surface area contributed by atoms with Crippen LogP contribution in [-0.4, -0.2) is 16.4 Å². The SMILES string of the molecule is Cc1cc(C)cc(-n2cc(C(=O)N=C(N)N)c3ccccc3c2=O)c1. The van der Waals surface area contributed by atoms with E-state index >= 15 is 0 Å². The number of carbonyl (C=O) groups is 1. The largest absolute Gasteiger partial charge is 0.370 e. The summed E-state index contributed by atoms with van der Waals surface area (Å²) in [6.45, 7) is 3.90. The first-order chi connectivity index (χ1) is 11.9. The van der Waals surface area contributed by atoms with Gasteiger partial charge in [-0.1, -0.05) is 24.3 Å². The number of aliphatic imine (C=N–C) groups is 1. The molecule has 126 valence electrons. The maximum absolute atomic E-state index is 12.9. The summed E-state index contributed by atoms with van der Waals surface area (Å²) in [6, 6.07) is 12.7. The minimum Gasteiger partial charge on any atom is -0.370 e. The Morgan fingerprint density at radius 2 is 1.60 bits per heavy atom. The first-order valence-corrected chi connectivity index (χ1v) is 7.74. The topological polar surface area (TPSA) is 103 Å². The Morgan fingerprint density at radius 3 is 2.20 bits per heavy atom. The van der Waals surface area contributed by atoms with Gasteiger partial charge in [0.15, 0.2) is 5.96 Å². The summed E-state index contributed by atoms with van der Waals surface area (Å²) in [5.41, 5.74) is 13.5. The highest BCUT2D eigenvalue weighted by atomic mass is 16.1. The Kier molecular flexibility index (Phi) is 4.10. The number of nitrogens with zero attached hydrogens (tertiary/aromatic N) is 2. The number of benzene rings is 2. The van der Waals surface area contributed by atoms with Gasteiger partial charge in [-0.2, -0.15) is 4.99 Å². The molecule has 3 aromatic rings. The molecule has 0 unspecified atom stereocenters. The normalized spacial score (nSPS) is 10.6. The van der Waals surface area contributed by atoms with Crippen LogP contribution in [0.3, 0.4) is 0 Å². The van der Waals surface area contributed by atoms with Crippen LogP contribution in [0.4, 0.5) is 0 Å². The van der Waals surface area contributed by atoms with Gasteiger partial charge in [-0.25, -0.2) is 0 Å². The second kappa shape index (κ2) is 6.24. The number of rotatable bonds is 2. The second-order valence-corrected chi connectivity index (χ2v) is 5.95. The maximum Gasteiger partial charge on any atom is 0.282 e. The van der Waals surface area contributed by atoms with Crippen molar-refractivity contribution in [2.45, 2.75) is 13.8 Å². The van der Waals surface area contributed by atoms with Gasteiger partial charge in [-0.3, -0.25) is 14.2 Å². The Balaban J connectivity index is 2.37. The first-order valence-electron chi connectivity index (χ1n) is 7.74. The third kappa shape index (κ3) is 3.14. The van der Waals surface area contributed by atoms with Crippen molar-refractivity contribution in [1.82, 2.24) is 4.57 Å². The van der Waals surface area contributed by atoms with Gasteiger partial charge in [0.05, 0.1) is 5.56 Å². The van der Waals surface area contributed by atoms with Crippen molar-refractivity contribution in [3.05, 3.63) is 75.7 Å². The van der Waals surface area contributed by atoms with Gasteiger partial charge in [0.25, 0.3) is 11.5 Å². The molecule has 0 fully saturated rings. The van der Waals surface area contributed by atoms with E-state index in [9.17, 15) is 9.59 Å². The number of pyridine rings is 1. The number of aromatic nitrogens is 1. The van der Waals surface area contributed by atoms with Crippen LogP contribution >= 0.6 is 0 Å². The third-order valence-electron chi connectivity index (χ3n) is 3.87. The average Bonchev–Trinajstić information content (AvgIpc) is 2.53. The molecule has 0 aliphatic carbocycles. The molecule has 0 radical (unpaired) electrons. The lowest BCUT2D eigenvalue weighted by atomic mass is 10.1. The molecule has 25 heavy (non-hydrogen) atoms. The summed E-state index contributed by atoms with van der Waals surface area (Å²) in [6.07, 6.45) is 1.49. The Hall–Kier alpha value is -3.41. The van der Waals surface area contributed by atoms with Crippen LogP contribution in [-0.2, 0) is 0 Å². The first kappa shape index (κ1) is 16.4. The number of guanidine groups is 1. The molecule has 4 N–H and O–H groups in total. The van der Waals surface area contributed by atoms with E-state index in [2.05, 4.69) is 4.99 Å². The van der Waals surface area contributed by atoms with Gasteiger partial charge in [0.2, 0.25) is 0 Å². The number of hydrogen-bond donors (Lipinski definition) is 2. The number of aryl methyl sites for hydroxylation is 2. The van der Waals surface area contributed by atoms with E-state index in [0.29, 0.717) is 16.5 Å². The molecule has 3 rings (SSSR count). The standard InChI is InChI=1S/C19H18N4O2/c1-11-7-12(2)9-13(8-11)23-10-16(17(24)22-19(20)21)14-5-3-4-6-15(14)18(23)25/h3-10H,1-2H3,(H4,20,21,22,24). The fourth-order valence-corrected chi connectivity index (χ4v) is 2.92. The van der Waals surface area contributed by atoms with Gasteiger partial charge in [-0.05, 0) is 43.2 Å². The summed E-state index contributed by atoms with van der Waals surface area (Å²) >= 11 is 0. The van der Waals surface area contributed by atoms with Crippen molar-refractivity contribution in [2.75, 3.05) is 0 Å². The molecule has 0 aliphatic rings. The van der Waals surface area contributed by atoms with Crippen LogP contribution in [0.5, 0.6) is 0 Å². The van der Waals surface area contributed by atoms with Gasteiger partial charge >= 0.3 is 0 Å². The lowest BCUT2D eigenvalue weighted by Crippen LogP contribution is -2.25. The molecule has 0 saturated heterocycles. The zero-order valence-electron chi connectivity index (χ0n) is 14.0. The minimum absolute atomic E-state index is 0.207. The molecular formula is C19H18N4O2. The predicted octanol–water partition coefficient (Wildman–Crippen LogP) is 2.02. The van der Waals surface area contributed by atoms with Crippen molar-refractivity contribution < 1.29 is 4.79 Å². The van der Waals surface area contributed by atoms with Crippen LogP contribution in [0.1, 0.15) is 21.5 Å². The fraction of sp³-hybridized carbons (Fsp3) is 0.105. The molecule has 0 spiro atoms. The lowest BCUT2D eigenvalue weighted by Gasteiger charge is -2.12. The molecule has 1 amide bonds. The highest BCUT2D eigenvalue weighted by molar-refractivity contribution is 6.10. The maximum atomic E-state index is 12.9. The van der Waals surface area contributed by atoms with E-state index in [0.717, 1.165) is 11.1 Å². The van der Waals surface area contributed by atoms with E-state index in [1.165, 1.54) is 10.8 Å². The van der Waals surface area contributed by atoms with Crippen LogP contribution in [0.2, 0.25) is 0 Å². The third-order valence-corrected chi connectivity index (χ3v) is 3.87. The smallest absolute Gasteiger partial charge is 0.282 e. The molecular weight excluding hydrogens is 316 g/mol. The number of fused-ring (bicyclic) bond motifs is 1. The van der Waals surface area contributed by atoms with E-state index in [1.54, 1.807) is 24.3 Å². The fourth-order valence-electron chi connectivity index (χ4n) is 2.92. The van der Waals surface area contributed by atoms with E-state index in [4.69, 9.17) is 11.5 Å². The van der Waals surface area contributed by atoms with E-state index in [1.807, 2.05) is 32.0 Å².